The number of hydrogen-bond acceptors (Lipinski definition) is 3. The Hall–Kier alpha value is -0.610. The lowest BCUT2D eigenvalue weighted by atomic mass is 10.1. The Labute approximate surface area is 60.2 Å². The third-order valence-corrected chi connectivity index (χ3v) is 1.38. The largest absolute Gasteiger partial charge is 0.383 e. The van der Waals surface area contributed by atoms with Gasteiger partial charge in [0.2, 0.25) is 5.91 Å². The van der Waals surface area contributed by atoms with Gasteiger partial charge in [-0.3, -0.25) is 4.79 Å². The topological polar surface area (TPSA) is 89.3 Å². The molecule has 0 heterocycles. The van der Waals surface area contributed by atoms with Crippen molar-refractivity contribution in [1.82, 2.24) is 0 Å². The van der Waals surface area contributed by atoms with Crippen LogP contribution in [0.4, 0.5) is 0 Å². The Morgan fingerprint density at radius 3 is 2.50 bits per heavy atom. The van der Waals surface area contributed by atoms with Crippen molar-refractivity contribution >= 4 is 5.91 Å². The van der Waals surface area contributed by atoms with E-state index in [2.05, 4.69) is 0 Å². The number of carbonyl (C=O) groups is 1. The van der Waals surface area contributed by atoms with Crippen LogP contribution in [0.1, 0.15) is 19.8 Å². The minimum Gasteiger partial charge on any atom is -0.383 e. The average molecular weight is 146 g/mol. The number of amides is 1. The van der Waals surface area contributed by atoms with E-state index in [1.807, 2.05) is 6.92 Å². The molecule has 0 aliphatic heterocycles. The van der Waals surface area contributed by atoms with Crippen LogP contribution >= 0.6 is 0 Å². The maximum absolute atomic E-state index is 10.3. The molecule has 0 aliphatic carbocycles. The van der Waals surface area contributed by atoms with Crippen molar-refractivity contribution in [2.45, 2.75) is 31.9 Å². The van der Waals surface area contributed by atoms with Gasteiger partial charge in [0.1, 0.15) is 6.10 Å². The van der Waals surface area contributed by atoms with E-state index < -0.39 is 12.0 Å². The number of rotatable bonds is 4. The van der Waals surface area contributed by atoms with Crippen LogP contribution in [0.5, 0.6) is 0 Å². The number of carbonyl (C=O) groups excluding carboxylic acids is 1. The molecule has 0 aromatic heterocycles. The highest BCUT2D eigenvalue weighted by Gasteiger charge is 2.13. The van der Waals surface area contributed by atoms with Crippen molar-refractivity contribution in [3.05, 3.63) is 0 Å². The molecule has 0 saturated heterocycles. The van der Waals surface area contributed by atoms with E-state index in [1.54, 1.807) is 0 Å². The van der Waals surface area contributed by atoms with E-state index in [0.717, 1.165) is 6.42 Å². The molecule has 10 heavy (non-hydrogen) atoms. The van der Waals surface area contributed by atoms with Crippen molar-refractivity contribution in [2.24, 2.45) is 11.5 Å². The first-order valence-corrected chi connectivity index (χ1v) is 3.30. The molecule has 0 aliphatic rings. The molecule has 0 radical (unpaired) electrons. The smallest absolute Gasteiger partial charge is 0.246 e. The molecule has 0 saturated carbocycles. The summed E-state index contributed by atoms with van der Waals surface area (Å²) in [6.45, 7) is 1.89. The first kappa shape index (κ1) is 9.39. The van der Waals surface area contributed by atoms with Gasteiger partial charge in [-0.1, -0.05) is 6.92 Å². The fourth-order valence-corrected chi connectivity index (χ4v) is 0.570. The summed E-state index contributed by atoms with van der Waals surface area (Å²) in [4.78, 5) is 10.3. The molecule has 0 aromatic rings. The highest BCUT2D eigenvalue weighted by atomic mass is 16.3. The van der Waals surface area contributed by atoms with Crippen molar-refractivity contribution in [3.63, 3.8) is 0 Å². The van der Waals surface area contributed by atoms with Crippen molar-refractivity contribution in [2.75, 3.05) is 0 Å². The standard InChI is InChI=1S/C6H14N2O2/c1-2-4(7)3-5(9)6(8)10/h4-5,9H,2-3,7H2,1H3,(H2,8,10). The second-order valence-corrected chi connectivity index (χ2v) is 2.32. The summed E-state index contributed by atoms with van der Waals surface area (Å²) in [5.74, 6) is -0.705. The van der Waals surface area contributed by atoms with Gasteiger partial charge in [0.25, 0.3) is 0 Å². The lowest BCUT2D eigenvalue weighted by Gasteiger charge is -2.10. The summed E-state index contributed by atoms with van der Waals surface area (Å²) in [6.07, 6.45) is -0.0918. The van der Waals surface area contributed by atoms with E-state index in [4.69, 9.17) is 16.6 Å². The molecule has 0 rings (SSSR count). The SMILES string of the molecule is CCC(N)CC(O)C(N)=O. The van der Waals surface area contributed by atoms with Crippen LogP contribution in [0, 0.1) is 0 Å². The molecule has 1 amide bonds. The van der Waals surface area contributed by atoms with Gasteiger partial charge in [0, 0.05) is 6.04 Å². The van der Waals surface area contributed by atoms with Gasteiger partial charge < -0.3 is 16.6 Å². The zero-order valence-corrected chi connectivity index (χ0v) is 6.08. The number of primary amides is 1. The third kappa shape index (κ3) is 3.42. The molecule has 0 spiro atoms. The average Bonchev–Trinajstić information content (AvgIpc) is 1.87. The fraction of sp³-hybridized carbons (Fsp3) is 0.833. The summed E-state index contributed by atoms with van der Waals surface area (Å²) in [5, 5.41) is 8.87. The van der Waals surface area contributed by atoms with E-state index in [-0.39, 0.29) is 12.5 Å². The lowest BCUT2D eigenvalue weighted by Crippen LogP contribution is -2.34. The summed E-state index contributed by atoms with van der Waals surface area (Å²) in [5.41, 5.74) is 10.2. The minimum absolute atomic E-state index is 0.137. The summed E-state index contributed by atoms with van der Waals surface area (Å²) < 4.78 is 0. The molecule has 0 bridgehead atoms. The Bertz CT molecular complexity index is 116. The predicted octanol–water partition coefficient (Wildman–Crippen LogP) is -1.04. The minimum atomic E-state index is -1.09. The van der Waals surface area contributed by atoms with Gasteiger partial charge >= 0.3 is 0 Å². The molecular weight excluding hydrogens is 132 g/mol. The highest BCUT2D eigenvalue weighted by Crippen LogP contribution is 1.97. The summed E-state index contributed by atoms with van der Waals surface area (Å²) >= 11 is 0. The normalized spacial score (nSPS) is 16.3. The lowest BCUT2D eigenvalue weighted by molar-refractivity contribution is -0.126. The first-order chi connectivity index (χ1) is 4.57. The maximum Gasteiger partial charge on any atom is 0.246 e. The summed E-state index contributed by atoms with van der Waals surface area (Å²) in [6, 6.07) is -0.137. The number of hydrogen-bond donors (Lipinski definition) is 3. The van der Waals surface area contributed by atoms with Gasteiger partial charge in [-0.05, 0) is 12.8 Å². The van der Waals surface area contributed by atoms with E-state index in [9.17, 15) is 4.79 Å². The Morgan fingerprint density at radius 2 is 2.20 bits per heavy atom. The van der Waals surface area contributed by atoms with E-state index in [0.29, 0.717) is 0 Å². The molecule has 4 nitrogen and oxygen atoms in total. The predicted molar refractivity (Wildman–Crippen MR) is 38.1 cm³/mol. The van der Waals surface area contributed by atoms with Crippen LogP contribution in [0.2, 0.25) is 0 Å². The van der Waals surface area contributed by atoms with Crippen LogP contribution in [-0.2, 0) is 4.79 Å². The van der Waals surface area contributed by atoms with Gasteiger partial charge in [0.15, 0.2) is 0 Å². The van der Waals surface area contributed by atoms with Crippen molar-refractivity contribution in [3.8, 4) is 0 Å². The maximum atomic E-state index is 10.3. The quantitative estimate of drug-likeness (QED) is 0.473. The first-order valence-electron chi connectivity index (χ1n) is 3.30. The Balaban J connectivity index is 3.56. The molecule has 2 atom stereocenters. The van der Waals surface area contributed by atoms with Crippen LogP contribution in [0.3, 0.4) is 0 Å². The van der Waals surface area contributed by atoms with Gasteiger partial charge in [-0.15, -0.1) is 0 Å². The molecule has 2 unspecified atom stereocenters. The van der Waals surface area contributed by atoms with Crippen LogP contribution in [-0.4, -0.2) is 23.2 Å². The zero-order chi connectivity index (χ0) is 8.15. The fourth-order valence-electron chi connectivity index (χ4n) is 0.570. The Kier molecular flexibility index (Phi) is 3.99. The number of aliphatic hydroxyl groups excluding tert-OH is 1. The molecular formula is C6H14N2O2. The van der Waals surface area contributed by atoms with Crippen LogP contribution in [0.15, 0.2) is 0 Å². The highest BCUT2D eigenvalue weighted by molar-refractivity contribution is 5.78. The molecule has 4 heteroatoms. The molecule has 5 N–H and O–H groups in total. The molecule has 0 fully saturated rings. The second-order valence-electron chi connectivity index (χ2n) is 2.32. The van der Waals surface area contributed by atoms with Crippen molar-refractivity contribution in [1.29, 1.82) is 0 Å². The molecule has 0 aromatic carbocycles. The Morgan fingerprint density at radius 1 is 1.70 bits per heavy atom. The van der Waals surface area contributed by atoms with Crippen LogP contribution < -0.4 is 11.5 Å². The van der Waals surface area contributed by atoms with E-state index >= 15 is 0 Å². The molecule has 60 valence electrons. The van der Waals surface area contributed by atoms with Gasteiger partial charge in [0.05, 0.1) is 0 Å². The summed E-state index contributed by atoms with van der Waals surface area (Å²) in [7, 11) is 0. The van der Waals surface area contributed by atoms with E-state index in [1.165, 1.54) is 0 Å². The van der Waals surface area contributed by atoms with Gasteiger partial charge in [-0.25, -0.2) is 0 Å². The van der Waals surface area contributed by atoms with Crippen molar-refractivity contribution < 1.29 is 9.90 Å². The van der Waals surface area contributed by atoms with Crippen LogP contribution in [0.25, 0.3) is 0 Å². The number of nitrogens with two attached hydrogens (primary N) is 2. The zero-order valence-electron chi connectivity index (χ0n) is 6.08. The monoisotopic (exact) mass is 146 g/mol. The van der Waals surface area contributed by atoms with Gasteiger partial charge in [-0.2, -0.15) is 0 Å². The number of aliphatic hydroxyl groups is 1. The third-order valence-electron chi connectivity index (χ3n) is 1.38. The second kappa shape index (κ2) is 4.24.